The Morgan fingerprint density at radius 3 is 2.71 bits per heavy atom. The molecule has 0 unspecified atom stereocenters. The molecule has 0 radical (unpaired) electrons. The Morgan fingerprint density at radius 1 is 1.23 bits per heavy atom. The van der Waals surface area contributed by atoms with E-state index in [0.717, 1.165) is 22.4 Å². The molecule has 2 heterocycles. The maximum Gasteiger partial charge on any atom is 0.191 e. The van der Waals surface area contributed by atoms with Gasteiger partial charge in [0.25, 0.3) is 0 Å². The van der Waals surface area contributed by atoms with E-state index in [1.807, 2.05) is 20.9 Å². The number of nitrogens with zero attached hydrogens (tertiary/aromatic N) is 5. The molecule has 0 aliphatic heterocycles. The van der Waals surface area contributed by atoms with Gasteiger partial charge in [0.1, 0.15) is 18.0 Å². The van der Waals surface area contributed by atoms with Crippen LogP contribution < -0.4 is 16.0 Å². The summed E-state index contributed by atoms with van der Waals surface area (Å²) >= 11 is 6.23. The molecule has 31 heavy (non-hydrogen) atoms. The molecule has 0 amide bonds. The second-order valence-electron chi connectivity index (χ2n) is 7.52. The first-order chi connectivity index (χ1) is 14.3. The van der Waals surface area contributed by atoms with Crippen molar-refractivity contribution in [1.29, 1.82) is 0 Å². The molecule has 2 aromatic heterocycles. The van der Waals surface area contributed by atoms with Crippen LogP contribution in [0.4, 0.5) is 10.2 Å². The van der Waals surface area contributed by atoms with Crippen LogP contribution in [-0.2, 0) is 12.5 Å². The lowest BCUT2D eigenvalue weighted by atomic mass is 9.84. The molecule has 0 fully saturated rings. The quantitative estimate of drug-likeness (QED) is 0.178. The minimum absolute atomic E-state index is 0. The molecule has 3 aromatic rings. The first-order valence-electron chi connectivity index (χ1n) is 9.58. The lowest BCUT2D eigenvalue weighted by Crippen LogP contribution is -2.44. The summed E-state index contributed by atoms with van der Waals surface area (Å²) in [6.07, 6.45) is 3.26. The molecule has 1 aromatic carbocycles. The van der Waals surface area contributed by atoms with E-state index in [1.54, 1.807) is 24.0 Å². The van der Waals surface area contributed by atoms with E-state index in [1.165, 1.54) is 18.5 Å². The lowest BCUT2D eigenvalue weighted by Gasteiger charge is -2.27. The number of rotatable bonds is 7. The van der Waals surface area contributed by atoms with Crippen molar-refractivity contribution in [1.82, 2.24) is 30.4 Å². The zero-order valence-corrected chi connectivity index (χ0v) is 21.0. The van der Waals surface area contributed by atoms with Gasteiger partial charge in [0.15, 0.2) is 11.6 Å². The highest BCUT2D eigenvalue weighted by molar-refractivity contribution is 14.0. The van der Waals surface area contributed by atoms with Gasteiger partial charge in [-0.1, -0.05) is 31.5 Å². The van der Waals surface area contributed by atoms with Gasteiger partial charge in [0.2, 0.25) is 0 Å². The van der Waals surface area contributed by atoms with Gasteiger partial charge in [0.05, 0.1) is 11.6 Å². The van der Waals surface area contributed by atoms with Gasteiger partial charge >= 0.3 is 0 Å². The number of hydrogen-bond donors (Lipinski definition) is 3. The summed E-state index contributed by atoms with van der Waals surface area (Å²) in [6.45, 7) is 5.93. The first kappa shape index (κ1) is 25.1. The number of aromatic nitrogens is 4. The van der Waals surface area contributed by atoms with Crippen LogP contribution >= 0.6 is 35.6 Å². The SMILES string of the molecule is CN=C(NCCNc1ncnc2c1cnn2C)NCC(C)(C)c1ccc(F)cc1Cl.I. The smallest absolute Gasteiger partial charge is 0.191 e. The number of halogens is 3. The highest BCUT2D eigenvalue weighted by Crippen LogP contribution is 2.29. The number of aliphatic imine (C=N–C) groups is 1. The summed E-state index contributed by atoms with van der Waals surface area (Å²) in [7, 11) is 3.56. The van der Waals surface area contributed by atoms with Crippen LogP contribution in [0.3, 0.4) is 0 Å². The molecule has 168 valence electrons. The predicted octanol–water partition coefficient (Wildman–Crippen LogP) is 3.33. The van der Waals surface area contributed by atoms with Crippen LogP contribution in [0.25, 0.3) is 11.0 Å². The Morgan fingerprint density at radius 2 is 2.00 bits per heavy atom. The summed E-state index contributed by atoms with van der Waals surface area (Å²) in [5.74, 6) is 1.06. The van der Waals surface area contributed by atoms with Gasteiger partial charge in [-0.15, -0.1) is 24.0 Å². The zero-order chi connectivity index (χ0) is 21.7. The van der Waals surface area contributed by atoms with Crippen molar-refractivity contribution in [3.63, 3.8) is 0 Å². The average Bonchev–Trinajstić information content (AvgIpc) is 3.09. The van der Waals surface area contributed by atoms with Crippen LogP contribution in [0.15, 0.2) is 35.7 Å². The molecule has 0 aliphatic rings. The van der Waals surface area contributed by atoms with E-state index < -0.39 is 0 Å². The van der Waals surface area contributed by atoms with E-state index >= 15 is 0 Å². The summed E-state index contributed by atoms with van der Waals surface area (Å²) in [4.78, 5) is 12.8. The molecule has 0 saturated carbocycles. The fourth-order valence-electron chi connectivity index (χ4n) is 3.12. The number of fused-ring (bicyclic) bond motifs is 1. The molecule has 8 nitrogen and oxygen atoms in total. The van der Waals surface area contributed by atoms with Gasteiger partial charge in [-0.2, -0.15) is 5.10 Å². The van der Waals surface area contributed by atoms with Gasteiger partial charge in [-0.05, 0) is 17.7 Å². The van der Waals surface area contributed by atoms with E-state index in [-0.39, 0.29) is 35.2 Å². The fraction of sp³-hybridized carbons (Fsp3) is 0.400. The van der Waals surface area contributed by atoms with Crippen molar-refractivity contribution >= 4 is 58.4 Å². The number of nitrogens with one attached hydrogen (secondary N) is 3. The largest absolute Gasteiger partial charge is 0.368 e. The molecule has 0 bridgehead atoms. The second kappa shape index (κ2) is 10.9. The van der Waals surface area contributed by atoms with Crippen molar-refractivity contribution in [2.45, 2.75) is 19.3 Å². The molecular weight excluding hydrogens is 534 g/mol. The average molecular weight is 561 g/mol. The summed E-state index contributed by atoms with van der Waals surface area (Å²) in [5, 5.41) is 15.4. The standard InChI is InChI=1S/C20H26ClFN8.HI/c1-20(2,15-6-5-13(22)9-16(15)21)11-26-19(23-3)25-8-7-24-17-14-10-29-30(4)18(14)28-12-27-17;/h5-6,9-10,12H,7-8,11H2,1-4H3,(H2,23,25,26)(H,24,27,28);1H. The molecule has 0 saturated heterocycles. The topological polar surface area (TPSA) is 92.1 Å². The molecule has 3 rings (SSSR count). The summed E-state index contributed by atoms with van der Waals surface area (Å²) in [5.41, 5.74) is 1.34. The minimum atomic E-state index is -0.343. The van der Waals surface area contributed by atoms with Gasteiger partial charge in [-0.25, -0.2) is 14.4 Å². The van der Waals surface area contributed by atoms with Crippen molar-refractivity contribution in [3.05, 3.63) is 47.1 Å². The Bertz CT molecular complexity index is 1050. The Hall–Kier alpha value is -2.21. The molecule has 3 N–H and O–H groups in total. The van der Waals surface area contributed by atoms with Crippen LogP contribution in [0.2, 0.25) is 5.02 Å². The fourth-order valence-corrected chi connectivity index (χ4v) is 3.55. The number of anilines is 1. The zero-order valence-electron chi connectivity index (χ0n) is 17.9. The van der Waals surface area contributed by atoms with Crippen LogP contribution in [0.1, 0.15) is 19.4 Å². The van der Waals surface area contributed by atoms with Crippen LogP contribution in [0, 0.1) is 5.82 Å². The van der Waals surface area contributed by atoms with E-state index in [0.29, 0.717) is 30.6 Å². The summed E-state index contributed by atoms with van der Waals surface area (Å²) < 4.78 is 15.0. The monoisotopic (exact) mass is 560 g/mol. The third kappa shape index (κ3) is 6.16. The normalized spacial score (nSPS) is 11.9. The van der Waals surface area contributed by atoms with E-state index in [2.05, 4.69) is 36.0 Å². The van der Waals surface area contributed by atoms with E-state index in [9.17, 15) is 4.39 Å². The lowest BCUT2D eigenvalue weighted by molar-refractivity contribution is 0.507. The Kier molecular flexibility index (Phi) is 8.80. The maximum atomic E-state index is 13.3. The third-order valence-corrected chi connectivity index (χ3v) is 5.13. The highest BCUT2D eigenvalue weighted by Gasteiger charge is 2.24. The second-order valence-corrected chi connectivity index (χ2v) is 7.92. The van der Waals surface area contributed by atoms with Crippen LogP contribution in [0.5, 0.6) is 0 Å². The van der Waals surface area contributed by atoms with Gasteiger partial charge in [-0.3, -0.25) is 9.67 Å². The first-order valence-corrected chi connectivity index (χ1v) is 9.96. The number of benzene rings is 1. The van der Waals surface area contributed by atoms with Gasteiger partial charge in [0, 0.05) is 44.2 Å². The molecule has 0 aliphatic carbocycles. The third-order valence-electron chi connectivity index (χ3n) is 4.82. The molecular formula is C20H27ClFIN8. The molecule has 0 atom stereocenters. The van der Waals surface area contributed by atoms with Crippen molar-refractivity contribution in [2.75, 3.05) is 32.0 Å². The molecule has 0 spiro atoms. The number of guanidine groups is 1. The number of aryl methyl sites for hydroxylation is 1. The molecule has 11 heteroatoms. The van der Waals surface area contributed by atoms with Crippen molar-refractivity contribution in [2.24, 2.45) is 12.0 Å². The predicted molar refractivity (Wildman–Crippen MR) is 134 cm³/mol. The Labute approximate surface area is 203 Å². The van der Waals surface area contributed by atoms with Crippen molar-refractivity contribution < 1.29 is 4.39 Å². The Balaban J connectivity index is 0.00000341. The number of hydrogen-bond acceptors (Lipinski definition) is 5. The van der Waals surface area contributed by atoms with E-state index in [4.69, 9.17) is 11.6 Å². The van der Waals surface area contributed by atoms with Crippen molar-refractivity contribution in [3.8, 4) is 0 Å². The summed E-state index contributed by atoms with van der Waals surface area (Å²) in [6, 6.07) is 4.48. The maximum absolute atomic E-state index is 13.3. The van der Waals surface area contributed by atoms with Gasteiger partial charge < -0.3 is 16.0 Å². The minimum Gasteiger partial charge on any atom is -0.368 e. The van der Waals surface area contributed by atoms with Crippen LogP contribution in [-0.4, -0.2) is 52.4 Å². The highest BCUT2D eigenvalue weighted by atomic mass is 127.